The monoisotopic (exact) mass is 385 g/mol. The number of hydrogen-bond donors (Lipinski definition) is 4. The molecule has 1 fully saturated rings. The molecule has 3 aromatic heterocycles. The first kappa shape index (κ1) is 18.4. The van der Waals surface area contributed by atoms with Gasteiger partial charge in [0.05, 0.1) is 24.3 Å². The molecule has 11 nitrogen and oxygen atoms in total. The van der Waals surface area contributed by atoms with Crippen LogP contribution in [0, 0.1) is 0 Å². The van der Waals surface area contributed by atoms with Crippen LogP contribution in [0.4, 0.5) is 5.82 Å². The van der Waals surface area contributed by atoms with Crippen molar-refractivity contribution in [2.75, 3.05) is 12.0 Å². The highest BCUT2D eigenvalue weighted by Gasteiger charge is 2.44. The molecule has 1 aliphatic heterocycles. The Balaban J connectivity index is 1.63. The van der Waals surface area contributed by atoms with Crippen molar-refractivity contribution < 1.29 is 20.1 Å². The van der Waals surface area contributed by atoms with E-state index in [2.05, 4.69) is 30.5 Å². The molecule has 28 heavy (non-hydrogen) atoms. The quantitative estimate of drug-likeness (QED) is 0.342. The van der Waals surface area contributed by atoms with E-state index in [4.69, 9.17) is 4.74 Å². The van der Waals surface area contributed by atoms with E-state index in [1.165, 1.54) is 17.2 Å². The van der Waals surface area contributed by atoms with Crippen molar-refractivity contribution in [1.29, 1.82) is 0 Å². The summed E-state index contributed by atoms with van der Waals surface area (Å²) >= 11 is 0. The smallest absolute Gasteiger partial charge is 0.177 e. The Hall–Kier alpha value is -2.99. The number of anilines is 1. The Bertz CT molecular complexity index is 994. The van der Waals surface area contributed by atoms with E-state index in [9.17, 15) is 15.3 Å². The normalized spacial score (nSPS) is 25.4. The average molecular weight is 385 g/mol. The second-order valence-electron chi connectivity index (χ2n) is 6.30. The van der Waals surface area contributed by atoms with Gasteiger partial charge in [-0.3, -0.25) is 15.0 Å². The molecule has 1 aliphatic rings. The molecular weight excluding hydrogens is 366 g/mol. The molecule has 3 aromatic rings. The van der Waals surface area contributed by atoms with Gasteiger partial charge in [0.15, 0.2) is 23.2 Å². The van der Waals surface area contributed by atoms with E-state index in [1.54, 1.807) is 6.20 Å². The zero-order chi connectivity index (χ0) is 19.7. The first-order chi connectivity index (χ1) is 13.6. The van der Waals surface area contributed by atoms with E-state index >= 15 is 0 Å². The predicted octanol–water partition coefficient (Wildman–Crippen LogP) is -0.331. The molecular formula is C17H19N7O4. The molecule has 0 aliphatic carbocycles. The fourth-order valence-electron chi connectivity index (χ4n) is 3.00. The minimum absolute atomic E-state index is 0.366. The summed E-state index contributed by atoms with van der Waals surface area (Å²) in [5, 5.41) is 33.8. The van der Waals surface area contributed by atoms with Crippen molar-refractivity contribution in [3.8, 4) is 0 Å². The average Bonchev–Trinajstić information content (AvgIpc) is 3.28. The molecule has 4 heterocycles. The van der Waals surface area contributed by atoms with Crippen LogP contribution in [0.1, 0.15) is 18.8 Å². The van der Waals surface area contributed by atoms with E-state index < -0.39 is 31.1 Å². The summed E-state index contributed by atoms with van der Waals surface area (Å²) in [5.74, 6) is 0.366. The van der Waals surface area contributed by atoms with Gasteiger partial charge < -0.3 is 20.1 Å². The van der Waals surface area contributed by atoms with Gasteiger partial charge in [-0.1, -0.05) is 6.07 Å². The zero-order valence-corrected chi connectivity index (χ0v) is 14.9. The number of fused-ring (bicyclic) bond motifs is 1. The fourth-order valence-corrected chi connectivity index (χ4v) is 3.00. The molecule has 0 spiro atoms. The lowest BCUT2D eigenvalue weighted by Crippen LogP contribution is -2.33. The van der Waals surface area contributed by atoms with Crippen molar-refractivity contribution in [1.82, 2.24) is 24.5 Å². The molecule has 2 unspecified atom stereocenters. The van der Waals surface area contributed by atoms with Gasteiger partial charge >= 0.3 is 0 Å². The van der Waals surface area contributed by atoms with Crippen LogP contribution in [0.2, 0.25) is 0 Å². The Morgan fingerprint density at radius 1 is 1.21 bits per heavy atom. The SMILES string of the molecule is CC(=NNc1ncnc2c1ncn2[C@@H]1O[C@H](CO)C(O)C1O)c1ccccn1. The predicted molar refractivity (Wildman–Crippen MR) is 98.4 cm³/mol. The van der Waals surface area contributed by atoms with E-state index in [-0.39, 0.29) is 0 Å². The number of nitrogens with one attached hydrogen (secondary N) is 1. The highest BCUT2D eigenvalue weighted by Crippen LogP contribution is 2.32. The van der Waals surface area contributed by atoms with Crippen LogP contribution in [-0.2, 0) is 4.74 Å². The maximum absolute atomic E-state index is 10.2. The molecule has 4 atom stereocenters. The summed E-state index contributed by atoms with van der Waals surface area (Å²) in [6.07, 6.45) is 0.180. The van der Waals surface area contributed by atoms with Gasteiger partial charge in [0.1, 0.15) is 24.6 Å². The fraction of sp³-hybridized carbons (Fsp3) is 0.353. The molecule has 4 N–H and O–H groups in total. The standard InChI is InChI=1S/C17H19N7O4/c1-9(10-4-2-3-5-18-10)22-23-15-12-16(20-7-19-15)24(8-21-12)17-14(27)13(26)11(6-25)28-17/h2-5,7-8,11,13-14,17,25-27H,6H2,1H3,(H,19,20,23)/t11-,13?,14?,17-/m1/s1. The second kappa shape index (κ2) is 7.56. The summed E-state index contributed by atoms with van der Waals surface area (Å²) in [4.78, 5) is 16.9. The first-order valence-corrected chi connectivity index (χ1v) is 8.62. The van der Waals surface area contributed by atoms with Gasteiger partial charge in [0.25, 0.3) is 0 Å². The molecule has 11 heteroatoms. The number of aliphatic hydroxyl groups excluding tert-OH is 3. The molecule has 0 amide bonds. The summed E-state index contributed by atoms with van der Waals surface area (Å²) in [7, 11) is 0. The Labute approximate surface area is 159 Å². The van der Waals surface area contributed by atoms with Gasteiger partial charge in [-0.2, -0.15) is 5.10 Å². The van der Waals surface area contributed by atoms with Crippen LogP contribution in [-0.4, -0.2) is 70.5 Å². The van der Waals surface area contributed by atoms with Crippen LogP contribution in [0.5, 0.6) is 0 Å². The number of aromatic nitrogens is 5. The molecule has 146 valence electrons. The van der Waals surface area contributed by atoms with Crippen LogP contribution in [0.3, 0.4) is 0 Å². The first-order valence-electron chi connectivity index (χ1n) is 8.62. The number of ether oxygens (including phenoxy) is 1. The van der Waals surface area contributed by atoms with Crippen LogP contribution >= 0.6 is 0 Å². The van der Waals surface area contributed by atoms with Gasteiger partial charge in [-0.15, -0.1) is 0 Å². The van der Waals surface area contributed by atoms with Crippen LogP contribution < -0.4 is 5.43 Å². The van der Waals surface area contributed by atoms with Gasteiger partial charge in [-0.25, -0.2) is 15.0 Å². The summed E-state index contributed by atoms with van der Waals surface area (Å²) in [5.41, 5.74) is 5.04. The van der Waals surface area contributed by atoms with Crippen molar-refractivity contribution >= 4 is 22.7 Å². The largest absolute Gasteiger partial charge is 0.394 e. The van der Waals surface area contributed by atoms with Crippen molar-refractivity contribution in [3.63, 3.8) is 0 Å². The number of hydrazone groups is 1. The van der Waals surface area contributed by atoms with Gasteiger partial charge in [-0.05, 0) is 19.1 Å². The highest BCUT2D eigenvalue weighted by atomic mass is 16.6. The number of rotatable bonds is 5. The summed E-state index contributed by atoms with van der Waals surface area (Å²) in [6.45, 7) is 1.40. The van der Waals surface area contributed by atoms with Crippen molar-refractivity contribution in [3.05, 3.63) is 42.7 Å². The maximum Gasteiger partial charge on any atom is 0.177 e. The van der Waals surface area contributed by atoms with Gasteiger partial charge in [0, 0.05) is 6.20 Å². The van der Waals surface area contributed by atoms with Crippen molar-refractivity contribution in [2.24, 2.45) is 5.10 Å². The molecule has 0 saturated carbocycles. The lowest BCUT2D eigenvalue weighted by Gasteiger charge is -2.16. The third-order valence-electron chi connectivity index (χ3n) is 4.52. The third-order valence-corrected chi connectivity index (χ3v) is 4.52. The van der Waals surface area contributed by atoms with E-state index in [1.807, 2.05) is 25.1 Å². The molecule has 1 saturated heterocycles. The van der Waals surface area contributed by atoms with Crippen LogP contribution in [0.25, 0.3) is 11.2 Å². The second-order valence-corrected chi connectivity index (χ2v) is 6.30. The number of hydrogen-bond acceptors (Lipinski definition) is 10. The highest BCUT2D eigenvalue weighted by molar-refractivity contribution is 5.97. The minimum Gasteiger partial charge on any atom is -0.394 e. The number of imidazole rings is 1. The lowest BCUT2D eigenvalue weighted by molar-refractivity contribution is -0.0511. The minimum atomic E-state index is -1.23. The molecule has 0 radical (unpaired) electrons. The molecule has 0 aromatic carbocycles. The Kier molecular flexibility index (Phi) is 4.96. The molecule has 4 rings (SSSR count). The summed E-state index contributed by atoms with van der Waals surface area (Å²) < 4.78 is 7.03. The zero-order valence-electron chi connectivity index (χ0n) is 14.9. The number of nitrogens with zero attached hydrogens (tertiary/aromatic N) is 6. The lowest BCUT2D eigenvalue weighted by atomic mass is 10.1. The topological polar surface area (TPSA) is 151 Å². The maximum atomic E-state index is 10.2. The van der Waals surface area contributed by atoms with Crippen LogP contribution in [0.15, 0.2) is 42.2 Å². The van der Waals surface area contributed by atoms with Crippen molar-refractivity contribution in [2.45, 2.75) is 31.5 Å². The van der Waals surface area contributed by atoms with E-state index in [0.717, 1.165) is 5.69 Å². The number of pyridine rings is 1. The Morgan fingerprint density at radius 2 is 2.07 bits per heavy atom. The molecule has 0 bridgehead atoms. The van der Waals surface area contributed by atoms with E-state index in [0.29, 0.717) is 22.7 Å². The third kappa shape index (κ3) is 3.20. The summed E-state index contributed by atoms with van der Waals surface area (Å²) in [6, 6.07) is 5.53. The Morgan fingerprint density at radius 3 is 2.79 bits per heavy atom. The van der Waals surface area contributed by atoms with Gasteiger partial charge in [0.2, 0.25) is 0 Å². The number of aliphatic hydroxyl groups is 3.